The Morgan fingerprint density at radius 3 is 1.92 bits per heavy atom. The van der Waals surface area contributed by atoms with Gasteiger partial charge in [-0.15, -0.1) is 0 Å². The van der Waals surface area contributed by atoms with Gasteiger partial charge in [-0.05, 0) is 83.4 Å². The minimum atomic E-state index is 0.434. The van der Waals surface area contributed by atoms with Gasteiger partial charge >= 0.3 is 0 Å². The van der Waals surface area contributed by atoms with E-state index in [2.05, 4.69) is 102 Å². The van der Waals surface area contributed by atoms with E-state index in [1.54, 1.807) is 6.07 Å². The van der Waals surface area contributed by atoms with Crippen molar-refractivity contribution in [2.24, 2.45) is 0 Å². The number of aromatic nitrogens is 1. The van der Waals surface area contributed by atoms with Crippen molar-refractivity contribution in [3.8, 4) is 40.1 Å². The summed E-state index contributed by atoms with van der Waals surface area (Å²) in [6.45, 7) is 0. The molecule has 0 saturated carbocycles. The fraction of sp³-hybridized carbons (Fsp3) is 0. The first kappa shape index (κ1) is 27.1. The quantitative estimate of drug-likeness (QED) is 0.196. The molecular formula is C44H23N3O2. The van der Waals surface area contributed by atoms with Gasteiger partial charge in [0.15, 0.2) is 0 Å². The zero-order valence-electron chi connectivity index (χ0n) is 25.9. The molecule has 10 aromatic rings. The fourth-order valence-corrected chi connectivity index (χ4v) is 7.49. The Morgan fingerprint density at radius 2 is 1.12 bits per heavy atom. The van der Waals surface area contributed by atoms with E-state index in [1.165, 1.54) is 0 Å². The molecule has 0 aliphatic carbocycles. The number of hydrogen-bond donors (Lipinski definition) is 0. The van der Waals surface area contributed by atoms with Crippen LogP contribution in [0.4, 0.5) is 0 Å². The van der Waals surface area contributed by atoms with Crippen LogP contribution >= 0.6 is 0 Å². The Balaban J connectivity index is 1.36. The molecule has 0 atom stereocenters. The molecule has 0 N–H and O–H groups in total. The summed E-state index contributed by atoms with van der Waals surface area (Å²) in [6.07, 6.45) is 0. The summed E-state index contributed by atoms with van der Waals surface area (Å²) >= 11 is 0. The summed E-state index contributed by atoms with van der Waals surface area (Å²) in [5.74, 6) is 0. The third-order valence-electron chi connectivity index (χ3n) is 9.59. The van der Waals surface area contributed by atoms with E-state index >= 15 is 0 Å². The first-order valence-corrected chi connectivity index (χ1v) is 16.0. The maximum Gasteiger partial charge on any atom is 0.143 e. The molecule has 0 spiro atoms. The van der Waals surface area contributed by atoms with Crippen molar-refractivity contribution in [3.05, 3.63) is 151 Å². The lowest BCUT2D eigenvalue weighted by molar-refractivity contribution is 0.669. The molecule has 3 aromatic heterocycles. The molecule has 0 aliphatic heterocycles. The van der Waals surface area contributed by atoms with E-state index in [-0.39, 0.29) is 0 Å². The standard InChI is InChI=1S/C44H23N3O2/c45-24-26-18-27(25-46)20-28(19-26)29-21-30(32-11-7-12-36-34-9-2-5-14-39(34)49-44(32)36)23-31(22-29)47-38-13-4-1-8-33(38)35-16-17-41-42(43(35)47)37-10-3-6-15-40(37)48-41/h1-23H. The predicted octanol–water partition coefficient (Wildman–Crippen LogP) is 11.7. The summed E-state index contributed by atoms with van der Waals surface area (Å²) in [5.41, 5.74) is 10.8. The van der Waals surface area contributed by atoms with Crippen LogP contribution in [0.3, 0.4) is 0 Å². The molecule has 0 amide bonds. The van der Waals surface area contributed by atoms with Crippen molar-refractivity contribution in [2.45, 2.75) is 0 Å². The molecule has 7 aromatic carbocycles. The number of benzene rings is 7. The van der Waals surface area contributed by atoms with Gasteiger partial charge in [-0.25, -0.2) is 0 Å². The summed E-state index contributed by atoms with van der Waals surface area (Å²) in [6, 6.07) is 51.5. The van der Waals surface area contributed by atoms with Crippen LogP contribution < -0.4 is 0 Å². The average molecular weight is 626 g/mol. The lowest BCUT2D eigenvalue weighted by Gasteiger charge is -2.15. The van der Waals surface area contributed by atoms with E-state index in [9.17, 15) is 10.5 Å². The normalized spacial score (nSPS) is 11.6. The number of nitriles is 2. The fourth-order valence-electron chi connectivity index (χ4n) is 7.49. The molecule has 10 rings (SSSR count). The Morgan fingerprint density at radius 1 is 0.469 bits per heavy atom. The summed E-state index contributed by atoms with van der Waals surface area (Å²) < 4.78 is 15.2. The second-order valence-electron chi connectivity index (χ2n) is 12.4. The minimum Gasteiger partial charge on any atom is -0.456 e. The predicted molar refractivity (Wildman–Crippen MR) is 196 cm³/mol. The Bertz CT molecular complexity index is 3060. The molecule has 0 saturated heterocycles. The van der Waals surface area contributed by atoms with E-state index in [0.717, 1.165) is 93.6 Å². The Hall–Kier alpha value is -7.08. The number of nitrogens with zero attached hydrogens (tertiary/aromatic N) is 3. The van der Waals surface area contributed by atoms with Gasteiger partial charge in [0, 0.05) is 38.2 Å². The molecule has 0 unspecified atom stereocenters. The summed E-state index contributed by atoms with van der Waals surface area (Å²) in [7, 11) is 0. The zero-order valence-corrected chi connectivity index (χ0v) is 25.9. The zero-order chi connectivity index (χ0) is 32.6. The molecule has 0 bridgehead atoms. The third-order valence-corrected chi connectivity index (χ3v) is 9.59. The van der Waals surface area contributed by atoms with Crippen molar-refractivity contribution in [3.63, 3.8) is 0 Å². The highest BCUT2D eigenvalue weighted by Gasteiger charge is 2.21. The maximum absolute atomic E-state index is 9.87. The van der Waals surface area contributed by atoms with Gasteiger partial charge in [-0.2, -0.15) is 10.5 Å². The van der Waals surface area contributed by atoms with Gasteiger partial charge in [-0.3, -0.25) is 0 Å². The molecule has 0 radical (unpaired) electrons. The molecule has 226 valence electrons. The lowest BCUT2D eigenvalue weighted by atomic mass is 9.95. The number of furan rings is 2. The van der Waals surface area contributed by atoms with Gasteiger partial charge in [0.2, 0.25) is 0 Å². The largest absolute Gasteiger partial charge is 0.456 e. The van der Waals surface area contributed by atoms with Crippen LogP contribution in [-0.4, -0.2) is 4.57 Å². The third kappa shape index (κ3) is 3.97. The average Bonchev–Trinajstić information content (AvgIpc) is 3.84. The Kier molecular flexibility index (Phi) is 5.64. The van der Waals surface area contributed by atoms with E-state index < -0.39 is 0 Å². The van der Waals surface area contributed by atoms with Crippen molar-refractivity contribution in [1.29, 1.82) is 10.5 Å². The van der Waals surface area contributed by atoms with Crippen LogP contribution in [0.2, 0.25) is 0 Å². The monoisotopic (exact) mass is 625 g/mol. The Labute approximate surface area is 279 Å². The second-order valence-corrected chi connectivity index (χ2v) is 12.4. The van der Waals surface area contributed by atoms with Crippen LogP contribution in [0.15, 0.2) is 148 Å². The maximum atomic E-state index is 9.87. The molecular weight excluding hydrogens is 603 g/mol. The van der Waals surface area contributed by atoms with Crippen LogP contribution in [0, 0.1) is 22.7 Å². The number of hydrogen-bond acceptors (Lipinski definition) is 4. The first-order chi connectivity index (χ1) is 24.2. The molecule has 5 heteroatoms. The van der Waals surface area contributed by atoms with Crippen molar-refractivity contribution in [2.75, 3.05) is 0 Å². The smallest absolute Gasteiger partial charge is 0.143 e. The highest BCUT2D eigenvalue weighted by Crippen LogP contribution is 2.43. The second kappa shape index (κ2) is 10.2. The van der Waals surface area contributed by atoms with Crippen LogP contribution in [0.25, 0.3) is 93.6 Å². The van der Waals surface area contributed by atoms with Crippen LogP contribution in [0.1, 0.15) is 11.1 Å². The number of fused-ring (bicyclic) bond motifs is 10. The SMILES string of the molecule is N#Cc1cc(C#N)cc(-c2cc(-c3cccc4c3oc3ccccc34)cc(-n3c4ccccc4c4ccc5oc6ccccc6c5c43)c2)c1. The molecule has 0 fully saturated rings. The minimum absolute atomic E-state index is 0.434. The van der Waals surface area contributed by atoms with Crippen molar-refractivity contribution >= 4 is 65.7 Å². The van der Waals surface area contributed by atoms with Crippen molar-refractivity contribution < 1.29 is 8.83 Å². The first-order valence-electron chi connectivity index (χ1n) is 16.0. The lowest BCUT2D eigenvalue weighted by Crippen LogP contribution is -1.97. The molecule has 5 nitrogen and oxygen atoms in total. The summed E-state index contributed by atoms with van der Waals surface area (Å²) in [5, 5.41) is 26.2. The van der Waals surface area contributed by atoms with Gasteiger partial charge in [0.05, 0.1) is 39.7 Å². The topological polar surface area (TPSA) is 78.8 Å². The van der Waals surface area contributed by atoms with Crippen LogP contribution in [0.5, 0.6) is 0 Å². The van der Waals surface area contributed by atoms with E-state index in [4.69, 9.17) is 8.83 Å². The summed E-state index contributed by atoms with van der Waals surface area (Å²) in [4.78, 5) is 0. The van der Waals surface area contributed by atoms with E-state index in [0.29, 0.717) is 11.1 Å². The van der Waals surface area contributed by atoms with Crippen molar-refractivity contribution in [1.82, 2.24) is 4.57 Å². The number of rotatable bonds is 3. The van der Waals surface area contributed by atoms with Crippen LogP contribution in [-0.2, 0) is 0 Å². The molecule has 0 aliphatic rings. The molecule has 3 heterocycles. The van der Waals surface area contributed by atoms with Gasteiger partial charge in [0.25, 0.3) is 0 Å². The van der Waals surface area contributed by atoms with E-state index in [1.807, 2.05) is 48.5 Å². The van der Waals surface area contributed by atoms with Gasteiger partial charge in [0.1, 0.15) is 22.3 Å². The highest BCUT2D eigenvalue weighted by atomic mass is 16.3. The van der Waals surface area contributed by atoms with Gasteiger partial charge in [-0.1, -0.05) is 72.8 Å². The number of para-hydroxylation sites is 4. The van der Waals surface area contributed by atoms with Gasteiger partial charge < -0.3 is 13.4 Å². The molecule has 49 heavy (non-hydrogen) atoms. The highest BCUT2D eigenvalue weighted by molar-refractivity contribution is 6.24.